The Morgan fingerprint density at radius 1 is 1.39 bits per heavy atom. The molecule has 1 aliphatic rings. The van der Waals surface area contributed by atoms with Gasteiger partial charge in [-0.15, -0.1) is 0 Å². The Bertz CT molecular complexity index is 505. The van der Waals surface area contributed by atoms with Gasteiger partial charge in [0.2, 0.25) is 0 Å². The highest BCUT2D eigenvalue weighted by atomic mass is 16.6. The average molecular weight is 246 g/mol. The quantitative estimate of drug-likeness (QED) is 0.355. The van der Waals surface area contributed by atoms with Gasteiger partial charge in [0.25, 0.3) is 5.69 Å². The number of rotatable bonds is 3. The van der Waals surface area contributed by atoms with Crippen molar-refractivity contribution in [3.63, 3.8) is 0 Å². The van der Waals surface area contributed by atoms with Gasteiger partial charge in [0.1, 0.15) is 0 Å². The van der Waals surface area contributed by atoms with E-state index in [2.05, 4.69) is 4.90 Å². The van der Waals surface area contributed by atoms with Crippen molar-refractivity contribution in [1.29, 1.82) is 0 Å². The monoisotopic (exact) mass is 246 g/mol. The van der Waals surface area contributed by atoms with E-state index >= 15 is 0 Å². The normalized spacial score (nSPS) is 17.2. The van der Waals surface area contributed by atoms with Crippen LogP contribution < -0.4 is 0 Å². The predicted octanol–water partition coefficient (Wildman–Crippen LogP) is 2.39. The Kier molecular flexibility index (Phi) is 3.41. The lowest BCUT2D eigenvalue weighted by molar-refractivity contribution is -0.384. The summed E-state index contributed by atoms with van der Waals surface area (Å²) in [5.41, 5.74) is 1.50. The van der Waals surface area contributed by atoms with Crippen LogP contribution in [0, 0.1) is 10.1 Å². The fourth-order valence-electron chi connectivity index (χ4n) is 2.00. The van der Waals surface area contributed by atoms with Crippen molar-refractivity contribution in [2.45, 2.75) is 12.8 Å². The number of carbonyl (C=O) groups excluding carboxylic acids is 1. The van der Waals surface area contributed by atoms with Crippen molar-refractivity contribution < 1.29 is 9.72 Å². The Balaban J connectivity index is 2.16. The second kappa shape index (κ2) is 5.00. The summed E-state index contributed by atoms with van der Waals surface area (Å²) < 4.78 is 0. The molecule has 5 heteroatoms. The van der Waals surface area contributed by atoms with E-state index in [4.69, 9.17) is 0 Å². The summed E-state index contributed by atoms with van der Waals surface area (Å²) in [6, 6.07) is 5.69. The van der Waals surface area contributed by atoms with Crippen LogP contribution >= 0.6 is 0 Å². The Labute approximate surface area is 105 Å². The second-order valence-electron chi connectivity index (χ2n) is 4.33. The molecule has 0 amide bonds. The van der Waals surface area contributed by atoms with Crippen molar-refractivity contribution in [3.8, 4) is 0 Å². The van der Waals surface area contributed by atoms with E-state index in [1.165, 1.54) is 24.3 Å². The number of likely N-dealkylation sites (tertiary alicyclic amines) is 1. The number of allylic oxidation sites excluding steroid dienone is 2. The molecule has 2 rings (SSSR count). The molecular formula is C13H14N2O3. The number of hydrogen-bond acceptors (Lipinski definition) is 4. The molecule has 94 valence electrons. The third-order valence-corrected chi connectivity index (χ3v) is 3.08. The molecule has 1 aromatic carbocycles. The summed E-state index contributed by atoms with van der Waals surface area (Å²) in [6.07, 6.45) is 3.60. The molecule has 0 bridgehead atoms. The van der Waals surface area contributed by atoms with Gasteiger partial charge in [-0.05, 0) is 25.0 Å². The van der Waals surface area contributed by atoms with Gasteiger partial charge in [0.15, 0.2) is 5.78 Å². The summed E-state index contributed by atoms with van der Waals surface area (Å²) in [4.78, 5) is 24.0. The van der Waals surface area contributed by atoms with Crippen LogP contribution in [0.2, 0.25) is 0 Å². The molecule has 1 heterocycles. The van der Waals surface area contributed by atoms with Gasteiger partial charge in [-0.25, -0.2) is 0 Å². The molecule has 0 aromatic heterocycles. The molecule has 0 aliphatic carbocycles. The summed E-state index contributed by atoms with van der Waals surface area (Å²) >= 11 is 0. The largest absolute Gasteiger partial charge is 0.378 e. The smallest absolute Gasteiger partial charge is 0.269 e. The first-order chi connectivity index (χ1) is 8.58. The van der Waals surface area contributed by atoms with E-state index in [-0.39, 0.29) is 11.5 Å². The van der Waals surface area contributed by atoms with Crippen molar-refractivity contribution in [3.05, 3.63) is 51.7 Å². The lowest BCUT2D eigenvalue weighted by Gasteiger charge is -2.11. The zero-order valence-electron chi connectivity index (χ0n) is 10.1. The van der Waals surface area contributed by atoms with E-state index in [0.717, 1.165) is 25.1 Å². The van der Waals surface area contributed by atoms with Gasteiger partial charge in [-0.3, -0.25) is 14.9 Å². The van der Waals surface area contributed by atoms with Gasteiger partial charge in [-0.2, -0.15) is 0 Å². The van der Waals surface area contributed by atoms with Crippen LogP contribution in [0.5, 0.6) is 0 Å². The predicted molar refractivity (Wildman–Crippen MR) is 67.4 cm³/mol. The van der Waals surface area contributed by atoms with E-state index in [9.17, 15) is 14.9 Å². The number of non-ortho nitro benzene ring substituents is 1. The van der Waals surface area contributed by atoms with Crippen LogP contribution in [-0.2, 0) is 0 Å². The van der Waals surface area contributed by atoms with Crippen LogP contribution in [0.15, 0.2) is 36.0 Å². The van der Waals surface area contributed by atoms with Gasteiger partial charge in [-0.1, -0.05) is 0 Å². The minimum Gasteiger partial charge on any atom is -0.378 e. The lowest BCUT2D eigenvalue weighted by Crippen LogP contribution is -2.11. The molecule has 18 heavy (non-hydrogen) atoms. The summed E-state index contributed by atoms with van der Waals surface area (Å²) in [5.74, 6) is -0.103. The van der Waals surface area contributed by atoms with Crippen molar-refractivity contribution in [2.75, 3.05) is 13.6 Å². The standard InChI is InChI=1S/C13H14N2O3/c1-14-8-2-3-12(14)9-13(16)10-4-6-11(7-5-10)15(17)18/h4-7,9H,2-3,8H2,1H3/b12-9-. The topological polar surface area (TPSA) is 63.5 Å². The molecule has 5 nitrogen and oxygen atoms in total. The zero-order chi connectivity index (χ0) is 13.1. The number of nitro groups is 1. The maximum Gasteiger partial charge on any atom is 0.269 e. The fourth-order valence-corrected chi connectivity index (χ4v) is 2.00. The third-order valence-electron chi connectivity index (χ3n) is 3.08. The van der Waals surface area contributed by atoms with E-state index in [1.54, 1.807) is 6.08 Å². The maximum absolute atomic E-state index is 12.0. The van der Waals surface area contributed by atoms with Crippen LogP contribution in [-0.4, -0.2) is 29.2 Å². The van der Waals surface area contributed by atoms with Crippen molar-refractivity contribution in [1.82, 2.24) is 4.90 Å². The first-order valence-corrected chi connectivity index (χ1v) is 5.78. The third kappa shape index (κ3) is 2.56. The van der Waals surface area contributed by atoms with Crippen molar-refractivity contribution in [2.24, 2.45) is 0 Å². The van der Waals surface area contributed by atoms with Gasteiger partial charge in [0.05, 0.1) is 4.92 Å². The average Bonchev–Trinajstić information content (AvgIpc) is 2.75. The summed E-state index contributed by atoms with van der Waals surface area (Å²) in [6.45, 7) is 0.972. The second-order valence-corrected chi connectivity index (χ2v) is 4.33. The van der Waals surface area contributed by atoms with Crippen LogP contribution in [0.4, 0.5) is 5.69 Å². The Hall–Kier alpha value is -2.17. The minimum absolute atomic E-state index is 0.00260. The number of carbonyl (C=O) groups is 1. The first kappa shape index (κ1) is 12.3. The van der Waals surface area contributed by atoms with E-state index < -0.39 is 4.92 Å². The van der Waals surface area contributed by atoms with Crippen LogP contribution in [0.1, 0.15) is 23.2 Å². The highest BCUT2D eigenvalue weighted by molar-refractivity contribution is 6.05. The molecular weight excluding hydrogens is 232 g/mol. The zero-order valence-corrected chi connectivity index (χ0v) is 10.1. The number of benzene rings is 1. The Morgan fingerprint density at radius 3 is 2.56 bits per heavy atom. The number of ketones is 1. The molecule has 0 radical (unpaired) electrons. The van der Waals surface area contributed by atoms with Gasteiger partial charge in [0, 0.05) is 43.1 Å². The van der Waals surface area contributed by atoms with E-state index in [1.807, 2.05) is 7.05 Å². The van der Waals surface area contributed by atoms with E-state index in [0.29, 0.717) is 5.56 Å². The van der Waals surface area contributed by atoms with Crippen LogP contribution in [0.3, 0.4) is 0 Å². The molecule has 1 aromatic rings. The molecule has 0 atom stereocenters. The number of hydrogen-bond donors (Lipinski definition) is 0. The molecule has 0 unspecified atom stereocenters. The molecule has 0 saturated carbocycles. The highest BCUT2D eigenvalue weighted by Crippen LogP contribution is 2.20. The first-order valence-electron chi connectivity index (χ1n) is 5.78. The number of nitro benzene ring substituents is 1. The fraction of sp³-hybridized carbons (Fsp3) is 0.308. The van der Waals surface area contributed by atoms with Crippen LogP contribution in [0.25, 0.3) is 0 Å². The van der Waals surface area contributed by atoms with Crippen molar-refractivity contribution >= 4 is 11.5 Å². The molecule has 0 N–H and O–H groups in total. The SMILES string of the molecule is CN1CCC/C1=C/C(=O)c1ccc([N+](=O)[O-])cc1. The Morgan fingerprint density at radius 2 is 2.06 bits per heavy atom. The maximum atomic E-state index is 12.0. The lowest BCUT2D eigenvalue weighted by atomic mass is 10.1. The molecule has 1 fully saturated rings. The summed E-state index contributed by atoms with van der Waals surface area (Å²) in [5, 5.41) is 10.5. The molecule has 0 spiro atoms. The molecule has 1 saturated heterocycles. The highest BCUT2D eigenvalue weighted by Gasteiger charge is 2.15. The van der Waals surface area contributed by atoms with Gasteiger partial charge < -0.3 is 4.90 Å². The van der Waals surface area contributed by atoms with Gasteiger partial charge >= 0.3 is 0 Å². The number of nitrogens with zero attached hydrogens (tertiary/aromatic N) is 2. The minimum atomic E-state index is -0.475. The summed E-state index contributed by atoms with van der Waals surface area (Å²) in [7, 11) is 1.96. The molecule has 1 aliphatic heterocycles.